The molecule has 0 saturated carbocycles. The van der Waals surface area contributed by atoms with Crippen LogP contribution in [0.3, 0.4) is 0 Å². The lowest BCUT2D eigenvalue weighted by Gasteiger charge is -2.20. The maximum Gasteiger partial charge on any atom is 0.141 e. The average Bonchev–Trinajstić information content (AvgIpc) is 2.89. The number of rotatable bonds is 7. The van der Waals surface area contributed by atoms with Crippen LogP contribution in [0.25, 0.3) is 0 Å². The molecule has 2 aromatic heterocycles. The minimum absolute atomic E-state index is 0.245. The molecule has 0 saturated heterocycles. The van der Waals surface area contributed by atoms with Crippen LogP contribution in [-0.4, -0.2) is 28.2 Å². The molecule has 1 atom stereocenters. The van der Waals surface area contributed by atoms with Crippen LogP contribution in [0.1, 0.15) is 30.8 Å². The largest absolute Gasteiger partial charge is 0.495 e. The first-order valence-corrected chi connectivity index (χ1v) is 6.93. The lowest BCUT2D eigenvalue weighted by Crippen LogP contribution is -2.22. The second-order valence-electron chi connectivity index (χ2n) is 4.72. The van der Waals surface area contributed by atoms with Crippen molar-refractivity contribution < 1.29 is 4.74 Å². The van der Waals surface area contributed by atoms with Crippen molar-refractivity contribution in [2.24, 2.45) is 7.05 Å². The first-order chi connectivity index (χ1) is 9.76. The van der Waals surface area contributed by atoms with Crippen molar-refractivity contribution in [3.8, 4) is 5.75 Å². The third-order valence-corrected chi connectivity index (χ3v) is 3.44. The molecule has 0 aromatic carbocycles. The number of nitrogens with zero attached hydrogens (tertiary/aromatic N) is 3. The summed E-state index contributed by atoms with van der Waals surface area (Å²) in [6, 6.07) is 2.26. The SMILES string of the molecule is CCNC(CCc1nccn1C)c1ccncc1OC. The van der Waals surface area contributed by atoms with Gasteiger partial charge in [-0.2, -0.15) is 0 Å². The molecule has 2 rings (SSSR count). The first-order valence-electron chi connectivity index (χ1n) is 6.93. The molecule has 1 N–H and O–H groups in total. The van der Waals surface area contributed by atoms with Crippen LogP contribution in [0.4, 0.5) is 0 Å². The summed E-state index contributed by atoms with van der Waals surface area (Å²) in [5, 5.41) is 3.51. The minimum atomic E-state index is 0.245. The van der Waals surface area contributed by atoms with Gasteiger partial charge in [-0.25, -0.2) is 4.98 Å². The van der Waals surface area contributed by atoms with Crippen molar-refractivity contribution in [3.63, 3.8) is 0 Å². The predicted octanol–water partition coefficient (Wildman–Crippen LogP) is 2.11. The Balaban J connectivity index is 2.12. The van der Waals surface area contributed by atoms with E-state index in [4.69, 9.17) is 4.74 Å². The van der Waals surface area contributed by atoms with E-state index in [1.807, 2.05) is 31.7 Å². The lowest BCUT2D eigenvalue weighted by molar-refractivity contribution is 0.393. The van der Waals surface area contributed by atoms with Gasteiger partial charge in [-0.15, -0.1) is 0 Å². The van der Waals surface area contributed by atoms with Crippen molar-refractivity contribution in [3.05, 3.63) is 42.2 Å². The maximum absolute atomic E-state index is 5.41. The van der Waals surface area contributed by atoms with Gasteiger partial charge >= 0.3 is 0 Å². The number of pyridine rings is 1. The highest BCUT2D eigenvalue weighted by atomic mass is 16.5. The smallest absolute Gasteiger partial charge is 0.141 e. The third kappa shape index (κ3) is 3.36. The van der Waals surface area contributed by atoms with E-state index in [-0.39, 0.29) is 6.04 Å². The maximum atomic E-state index is 5.41. The van der Waals surface area contributed by atoms with Crippen molar-refractivity contribution in [2.75, 3.05) is 13.7 Å². The standard InChI is InChI=1S/C15H22N4O/c1-4-17-13(5-6-15-18-9-10-19(15)2)12-7-8-16-11-14(12)20-3/h7-11,13,17H,4-6H2,1-3H3. The van der Waals surface area contributed by atoms with Crippen LogP contribution in [0, 0.1) is 0 Å². The molecule has 0 aliphatic rings. The molecule has 5 nitrogen and oxygen atoms in total. The molecule has 0 aliphatic carbocycles. The van der Waals surface area contributed by atoms with Gasteiger partial charge in [-0.3, -0.25) is 4.98 Å². The molecule has 2 aromatic rings. The number of aryl methyl sites for hydroxylation is 2. The van der Waals surface area contributed by atoms with Gasteiger partial charge in [0.05, 0.1) is 13.3 Å². The highest BCUT2D eigenvalue weighted by molar-refractivity contribution is 5.32. The molecule has 5 heteroatoms. The molecule has 0 bridgehead atoms. The number of hydrogen-bond donors (Lipinski definition) is 1. The molecular weight excluding hydrogens is 252 g/mol. The van der Waals surface area contributed by atoms with E-state index >= 15 is 0 Å². The summed E-state index contributed by atoms with van der Waals surface area (Å²) in [5.41, 5.74) is 1.15. The van der Waals surface area contributed by atoms with E-state index in [0.717, 1.165) is 36.5 Å². The molecular formula is C15H22N4O. The average molecular weight is 274 g/mol. The van der Waals surface area contributed by atoms with Gasteiger partial charge in [0.25, 0.3) is 0 Å². The van der Waals surface area contributed by atoms with E-state index in [0.29, 0.717) is 0 Å². The predicted molar refractivity (Wildman–Crippen MR) is 78.7 cm³/mol. The Morgan fingerprint density at radius 1 is 1.40 bits per heavy atom. The third-order valence-electron chi connectivity index (χ3n) is 3.44. The summed E-state index contributed by atoms with van der Waals surface area (Å²) in [7, 11) is 3.71. The highest BCUT2D eigenvalue weighted by Gasteiger charge is 2.16. The molecule has 2 heterocycles. The summed E-state index contributed by atoms with van der Waals surface area (Å²) >= 11 is 0. The fraction of sp³-hybridized carbons (Fsp3) is 0.467. The second-order valence-corrected chi connectivity index (χ2v) is 4.72. The van der Waals surface area contributed by atoms with Crippen molar-refractivity contribution in [2.45, 2.75) is 25.8 Å². The minimum Gasteiger partial charge on any atom is -0.495 e. The molecule has 0 spiro atoms. The fourth-order valence-corrected chi connectivity index (χ4v) is 2.37. The topological polar surface area (TPSA) is 52.0 Å². The number of methoxy groups -OCH3 is 1. The Labute approximate surface area is 120 Å². The van der Waals surface area contributed by atoms with Crippen molar-refractivity contribution in [1.82, 2.24) is 19.9 Å². The number of nitrogens with one attached hydrogen (secondary N) is 1. The number of ether oxygens (including phenoxy) is 1. The second kappa shape index (κ2) is 7.05. The van der Waals surface area contributed by atoms with Gasteiger partial charge in [-0.1, -0.05) is 6.92 Å². The summed E-state index contributed by atoms with van der Waals surface area (Å²) in [4.78, 5) is 8.49. The van der Waals surface area contributed by atoms with E-state index in [2.05, 4.69) is 26.8 Å². The Kier molecular flexibility index (Phi) is 5.12. The van der Waals surface area contributed by atoms with Crippen LogP contribution in [0.5, 0.6) is 5.75 Å². The van der Waals surface area contributed by atoms with E-state index < -0.39 is 0 Å². The Morgan fingerprint density at radius 2 is 2.25 bits per heavy atom. The van der Waals surface area contributed by atoms with Gasteiger partial charge in [0.1, 0.15) is 11.6 Å². The van der Waals surface area contributed by atoms with Crippen LogP contribution in [0.15, 0.2) is 30.9 Å². The quantitative estimate of drug-likeness (QED) is 0.840. The van der Waals surface area contributed by atoms with Gasteiger partial charge in [0.2, 0.25) is 0 Å². The number of hydrogen-bond acceptors (Lipinski definition) is 4. The zero-order chi connectivity index (χ0) is 14.4. The summed E-state index contributed by atoms with van der Waals surface area (Å²) in [6.07, 6.45) is 9.28. The van der Waals surface area contributed by atoms with Gasteiger partial charge in [0.15, 0.2) is 0 Å². The van der Waals surface area contributed by atoms with Crippen LogP contribution < -0.4 is 10.1 Å². The van der Waals surface area contributed by atoms with E-state index in [1.54, 1.807) is 13.3 Å². The fourth-order valence-electron chi connectivity index (χ4n) is 2.37. The molecule has 108 valence electrons. The van der Waals surface area contributed by atoms with Crippen LogP contribution in [-0.2, 0) is 13.5 Å². The summed E-state index contributed by atoms with van der Waals surface area (Å²) in [5.74, 6) is 1.93. The highest BCUT2D eigenvalue weighted by Crippen LogP contribution is 2.26. The number of imidazole rings is 1. The van der Waals surface area contributed by atoms with Crippen LogP contribution in [0.2, 0.25) is 0 Å². The van der Waals surface area contributed by atoms with Crippen molar-refractivity contribution in [1.29, 1.82) is 0 Å². The summed E-state index contributed by atoms with van der Waals surface area (Å²) in [6.45, 7) is 3.03. The van der Waals surface area contributed by atoms with E-state index in [1.165, 1.54) is 0 Å². The zero-order valence-electron chi connectivity index (χ0n) is 12.3. The van der Waals surface area contributed by atoms with Crippen LogP contribution >= 0.6 is 0 Å². The Hall–Kier alpha value is -1.88. The summed E-state index contributed by atoms with van der Waals surface area (Å²) < 4.78 is 7.47. The molecule has 0 radical (unpaired) electrons. The molecule has 0 amide bonds. The van der Waals surface area contributed by atoms with E-state index in [9.17, 15) is 0 Å². The molecule has 1 unspecified atom stereocenters. The van der Waals surface area contributed by atoms with Gasteiger partial charge in [0, 0.05) is 43.7 Å². The van der Waals surface area contributed by atoms with Gasteiger partial charge in [-0.05, 0) is 19.0 Å². The van der Waals surface area contributed by atoms with Gasteiger partial charge < -0.3 is 14.6 Å². The van der Waals surface area contributed by atoms with Crippen molar-refractivity contribution >= 4 is 0 Å². The molecule has 20 heavy (non-hydrogen) atoms. The Bertz CT molecular complexity index is 538. The normalized spacial score (nSPS) is 12.3. The first kappa shape index (κ1) is 14.5. The zero-order valence-corrected chi connectivity index (χ0v) is 12.3. The Morgan fingerprint density at radius 3 is 2.90 bits per heavy atom. The monoisotopic (exact) mass is 274 g/mol. The lowest BCUT2D eigenvalue weighted by atomic mass is 10.0. The molecule has 0 fully saturated rings. The molecule has 0 aliphatic heterocycles. The number of aromatic nitrogens is 3.